The van der Waals surface area contributed by atoms with Crippen molar-refractivity contribution < 1.29 is 19.2 Å². The van der Waals surface area contributed by atoms with Crippen LogP contribution in [0.1, 0.15) is 40.7 Å². The number of imide groups is 1. The van der Waals surface area contributed by atoms with Crippen LogP contribution in [0.25, 0.3) is 0 Å². The molecular weight excluding hydrogens is 356 g/mol. The van der Waals surface area contributed by atoms with Crippen LogP contribution in [0.5, 0.6) is 0 Å². The van der Waals surface area contributed by atoms with Gasteiger partial charge in [0.1, 0.15) is 0 Å². The van der Waals surface area contributed by atoms with Crippen molar-refractivity contribution in [3.8, 4) is 0 Å². The molecule has 1 unspecified atom stereocenters. The second-order valence-electron chi connectivity index (χ2n) is 7.05. The SMILES string of the molecule is Cc1ccc(C(=O)CCC(=O)Nc2ccc(CC3CC(=O)NC3=O)cc2)cc1. The number of anilines is 1. The van der Waals surface area contributed by atoms with Gasteiger partial charge in [-0.2, -0.15) is 0 Å². The van der Waals surface area contributed by atoms with E-state index >= 15 is 0 Å². The number of hydrogen-bond acceptors (Lipinski definition) is 4. The fourth-order valence-corrected chi connectivity index (χ4v) is 3.11. The largest absolute Gasteiger partial charge is 0.326 e. The lowest BCUT2D eigenvalue weighted by molar-refractivity contribution is -0.125. The second kappa shape index (κ2) is 8.61. The van der Waals surface area contributed by atoms with Crippen LogP contribution < -0.4 is 10.6 Å². The van der Waals surface area contributed by atoms with E-state index in [1.807, 2.05) is 31.2 Å². The molecule has 1 fully saturated rings. The number of Topliss-reactive ketones (excluding diaryl/α,β-unsaturated/α-hetero) is 1. The molecule has 2 aromatic carbocycles. The normalized spacial score (nSPS) is 16.0. The van der Waals surface area contributed by atoms with Gasteiger partial charge in [0.2, 0.25) is 17.7 Å². The van der Waals surface area contributed by atoms with Crippen molar-refractivity contribution >= 4 is 29.2 Å². The van der Waals surface area contributed by atoms with Crippen LogP contribution in [0.3, 0.4) is 0 Å². The number of rotatable bonds is 7. The third-order valence-electron chi connectivity index (χ3n) is 4.74. The number of amides is 3. The zero-order chi connectivity index (χ0) is 20.1. The molecule has 1 aliphatic rings. The molecule has 0 radical (unpaired) electrons. The molecule has 0 saturated carbocycles. The van der Waals surface area contributed by atoms with Gasteiger partial charge in [0.15, 0.2) is 5.78 Å². The average Bonchev–Trinajstić information content (AvgIpc) is 2.99. The maximum Gasteiger partial charge on any atom is 0.230 e. The summed E-state index contributed by atoms with van der Waals surface area (Å²) < 4.78 is 0. The Morgan fingerprint density at radius 1 is 1.00 bits per heavy atom. The summed E-state index contributed by atoms with van der Waals surface area (Å²) in [4.78, 5) is 47.1. The molecule has 0 aliphatic carbocycles. The van der Waals surface area contributed by atoms with Crippen molar-refractivity contribution in [2.75, 3.05) is 5.32 Å². The monoisotopic (exact) mass is 378 g/mol. The maximum absolute atomic E-state index is 12.1. The fraction of sp³-hybridized carbons (Fsp3) is 0.273. The first-order valence-electron chi connectivity index (χ1n) is 9.23. The quantitative estimate of drug-likeness (QED) is 0.572. The summed E-state index contributed by atoms with van der Waals surface area (Å²) in [5.41, 5.74) is 3.24. The minimum absolute atomic E-state index is 0.0603. The van der Waals surface area contributed by atoms with Gasteiger partial charge in [-0.25, -0.2) is 0 Å². The smallest absolute Gasteiger partial charge is 0.230 e. The second-order valence-corrected chi connectivity index (χ2v) is 7.05. The van der Waals surface area contributed by atoms with Gasteiger partial charge in [0.25, 0.3) is 0 Å². The third kappa shape index (κ3) is 5.13. The van der Waals surface area contributed by atoms with E-state index in [4.69, 9.17) is 0 Å². The Labute approximate surface area is 163 Å². The fourth-order valence-electron chi connectivity index (χ4n) is 3.11. The van der Waals surface area contributed by atoms with Crippen molar-refractivity contribution in [1.82, 2.24) is 5.32 Å². The lowest BCUT2D eigenvalue weighted by atomic mass is 9.98. The summed E-state index contributed by atoms with van der Waals surface area (Å²) in [6.45, 7) is 1.95. The average molecular weight is 378 g/mol. The Bertz CT molecular complexity index is 901. The lowest BCUT2D eigenvalue weighted by Crippen LogP contribution is -2.22. The molecule has 1 saturated heterocycles. The minimum Gasteiger partial charge on any atom is -0.326 e. The molecule has 144 valence electrons. The first-order valence-corrected chi connectivity index (χ1v) is 9.23. The Kier molecular flexibility index (Phi) is 5.99. The van der Waals surface area contributed by atoms with E-state index in [2.05, 4.69) is 10.6 Å². The Hall–Kier alpha value is -3.28. The Morgan fingerprint density at radius 3 is 2.29 bits per heavy atom. The number of benzene rings is 2. The van der Waals surface area contributed by atoms with Crippen molar-refractivity contribution in [3.63, 3.8) is 0 Å². The molecule has 3 amide bonds. The molecule has 1 heterocycles. The van der Waals surface area contributed by atoms with Gasteiger partial charge in [-0.1, -0.05) is 42.0 Å². The molecule has 0 bridgehead atoms. The van der Waals surface area contributed by atoms with Crippen LogP contribution in [0, 0.1) is 12.8 Å². The molecule has 1 aliphatic heterocycles. The van der Waals surface area contributed by atoms with E-state index in [0.717, 1.165) is 11.1 Å². The maximum atomic E-state index is 12.1. The number of carbonyl (C=O) groups is 4. The number of hydrogen-bond donors (Lipinski definition) is 2. The van der Waals surface area contributed by atoms with Crippen LogP contribution in [0.15, 0.2) is 48.5 Å². The molecule has 28 heavy (non-hydrogen) atoms. The van der Waals surface area contributed by atoms with E-state index in [1.165, 1.54) is 0 Å². The first kappa shape index (κ1) is 19.5. The van der Waals surface area contributed by atoms with Crippen LogP contribution >= 0.6 is 0 Å². The van der Waals surface area contributed by atoms with Gasteiger partial charge in [-0.05, 0) is 31.0 Å². The minimum atomic E-state index is -0.333. The zero-order valence-electron chi connectivity index (χ0n) is 15.7. The van der Waals surface area contributed by atoms with E-state index in [0.29, 0.717) is 17.7 Å². The van der Waals surface area contributed by atoms with Crippen LogP contribution in [0.2, 0.25) is 0 Å². The highest BCUT2D eigenvalue weighted by molar-refractivity contribution is 6.03. The van der Waals surface area contributed by atoms with Gasteiger partial charge in [0, 0.05) is 30.5 Å². The number of ketones is 1. The molecule has 2 aromatic rings. The summed E-state index contributed by atoms with van der Waals surface area (Å²) in [5.74, 6) is -1.09. The van der Waals surface area contributed by atoms with E-state index in [-0.39, 0.29) is 48.7 Å². The van der Waals surface area contributed by atoms with Gasteiger partial charge in [0.05, 0.1) is 5.92 Å². The molecule has 6 heteroatoms. The van der Waals surface area contributed by atoms with E-state index in [1.54, 1.807) is 24.3 Å². The van der Waals surface area contributed by atoms with E-state index in [9.17, 15) is 19.2 Å². The Morgan fingerprint density at radius 2 is 1.68 bits per heavy atom. The summed E-state index contributed by atoms with van der Waals surface area (Å²) in [6.07, 6.45) is 0.958. The molecular formula is C22H22N2O4. The van der Waals surface area contributed by atoms with Crippen molar-refractivity contribution in [2.45, 2.75) is 32.6 Å². The van der Waals surface area contributed by atoms with Crippen LogP contribution in [-0.2, 0) is 20.8 Å². The standard InChI is InChI=1S/C22H22N2O4/c1-14-2-6-16(7-3-14)19(25)10-11-20(26)23-18-8-4-15(5-9-18)12-17-13-21(27)24-22(17)28/h2-9,17H,10-13H2,1H3,(H,23,26)(H,24,27,28). The predicted molar refractivity (Wildman–Crippen MR) is 105 cm³/mol. The summed E-state index contributed by atoms with van der Waals surface area (Å²) >= 11 is 0. The number of nitrogens with one attached hydrogen (secondary N) is 2. The molecule has 0 aromatic heterocycles. The third-order valence-corrected chi connectivity index (χ3v) is 4.74. The van der Waals surface area contributed by atoms with Gasteiger partial charge >= 0.3 is 0 Å². The van der Waals surface area contributed by atoms with Crippen molar-refractivity contribution in [2.24, 2.45) is 5.92 Å². The van der Waals surface area contributed by atoms with Crippen LogP contribution in [0.4, 0.5) is 5.69 Å². The number of aryl methyl sites for hydroxylation is 1. The molecule has 3 rings (SSSR count). The lowest BCUT2D eigenvalue weighted by Gasteiger charge is -2.08. The predicted octanol–water partition coefficient (Wildman–Crippen LogP) is 2.80. The molecule has 6 nitrogen and oxygen atoms in total. The topological polar surface area (TPSA) is 92.3 Å². The Balaban J connectivity index is 1.47. The summed E-state index contributed by atoms with van der Waals surface area (Å²) in [7, 11) is 0. The highest BCUT2D eigenvalue weighted by atomic mass is 16.2. The zero-order valence-corrected chi connectivity index (χ0v) is 15.7. The van der Waals surface area contributed by atoms with E-state index < -0.39 is 0 Å². The van der Waals surface area contributed by atoms with Gasteiger partial charge < -0.3 is 5.32 Å². The highest BCUT2D eigenvalue weighted by Crippen LogP contribution is 2.19. The summed E-state index contributed by atoms with van der Waals surface area (Å²) in [5, 5.41) is 5.07. The molecule has 1 atom stereocenters. The first-order chi connectivity index (χ1) is 13.4. The molecule has 2 N–H and O–H groups in total. The summed E-state index contributed by atoms with van der Waals surface area (Å²) in [6, 6.07) is 14.4. The number of carbonyl (C=O) groups excluding carboxylic acids is 4. The molecule has 0 spiro atoms. The van der Waals surface area contributed by atoms with Crippen molar-refractivity contribution in [1.29, 1.82) is 0 Å². The van der Waals surface area contributed by atoms with Gasteiger partial charge in [-0.15, -0.1) is 0 Å². The highest BCUT2D eigenvalue weighted by Gasteiger charge is 2.30. The van der Waals surface area contributed by atoms with Gasteiger partial charge in [-0.3, -0.25) is 24.5 Å². The van der Waals surface area contributed by atoms with Crippen LogP contribution in [-0.4, -0.2) is 23.5 Å². The van der Waals surface area contributed by atoms with Crippen molar-refractivity contribution in [3.05, 3.63) is 65.2 Å².